The number of aliphatic hydroxyl groups is 3. The van der Waals surface area contributed by atoms with Crippen LogP contribution in [0, 0.1) is 11.6 Å². The van der Waals surface area contributed by atoms with Crippen LogP contribution < -0.4 is 5.32 Å². The van der Waals surface area contributed by atoms with Gasteiger partial charge in [-0.15, -0.1) is 5.10 Å². The number of thioether (sulfide) groups is 1. The number of anilines is 1. The van der Waals surface area contributed by atoms with Crippen LogP contribution in [0.25, 0.3) is 11.2 Å². The number of fused-ring (bicyclic) bond motifs is 1. The minimum absolute atomic E-state index is 0.000310. The van der Waals surface area contributed by atoms with Gasteiger partial charge < -0.3 is 25.4 Å². The molecule has 1 aromatic carbocycles. The Morgan fingerprint density at radius 3 is 2.94 bits per heavy atom. The van der Waals surface area contributed by atoms with Crippen molar-refractivity contribution in [2.24, 2.45) is 0 Å². The van der Waals surface area contributed by atoms with Gasteiger partial charge in [0.1, 0.15) is 12.2 Å². The van der Waals surface area contributed by atoms with Gasteiger partial charge in [-0.2, -0.15) is 0 Å². The first-order valence-electron chi connectivity index (χ1n) is 18.1. The number of nitrogens with one attached hydrogen (secondary N) is 1. The van der Waals surface area contributed by atoms with E-state index in [2.05, 4.69) is 30.3 Å². The van der Waals surface area contributed by atoms with Crippen LogP contribution in [0.1, 0.15) is 65.5 Å². The molecule has 0 spiro atoms. The molecule has 5 rings (SSSR count). The fourth-order valence-electron chi connectivity index (χ4n) is 3.24. The maximum Gasteiger partial charge on any atom is 0.191 e. The maximum atomic E-state index is 14.4. The summed E-state index contributed by atoms with van der Waals surface area (Å²) in [5.41, 5.74) is -5.03. The normalized spacial score (nSPS) is 46.9. The Morgan fingerprint density at radius 1 is 1.33 bits per heavy atom. The van der Waals surface area contributed by atoms with Gasteiger partial charge in [0.15, 0.2) is 33.8 Å². The van der Waals surface area contributed by atoms with E-state index in [1.807, 2.05) is 0 Å². The lowest BCUT2D eigenvalue weighted by Crippen LogP contribution is -2.33. The van der Waals surface area contributed by atoms with Crippen molar-refractivity contribution in [1.29, 1.82) is 0 Å². The van der Waals surface area contributed by atoms with Gasteiger partial charge in [0.05, 0.1) is 39.0 Å². The summed E-state index contributed by atoms with van der Waals surface area (Å²) in [5.74, 6) is -5.46. The van der Waals surface area contributed by atoms with Crippen molar-refractivity contribution in [3.05, 3.63) is 35.3 Å². The number of hydrogen-bond donors (Lipinski definition) is 4. The van der Waals surface area contributed by atoms with Crippen molar-refractivity contribution < 1.29 is 50.8 Å². The van der Waals surface area contributed by atoms with Gasteiger partial charge in [0, 0.05) is 32.2 Å². The number of rotatable bonds is 10. The Morgan fingerprint density at radius 2 is 2.17 bits per heavy atom. The SMILES string of the molecule is [2H]c1c([2H])c(C2C[C@]2([2H])Nc2nc(SC([2H])([2H])C([2H])([2H])C)nc3c2nnn3[C@]2([2H])C([2H])([2H])[C@]([2H])(OC([2H])([2H])CO)[C@@]([2H])(O)[C@@]2([2H])O)c([2H])c(F)c1F. The molecule has 13 heteroatoms. The van der Waals surface area contributed by atoms with Gasteiger partial charge in [-0.3, -0.25) is 0 Å². The highest BCUT2D eigenvalue weighted by molar-refractivity contribution is 7.99. The minimum Gasteiger partial charge on any atom is -0.394 e. The molecule has 3 aromatic rings. The molecule has 2 fully saturated rings. The molecule has 2 aromatic heterocycles. The molecular weight excluding hydrogens is 494 g/mol. The smallest absolute Gasteiger partial charge is 0.191 e. The first-order valence-corrected chi connectivity index (χ1v) is 10.9. The van der Waals surface area contributed by atoms with E-state index in [1.54, 1.807) is 0 Å². The number of aromatic nitrogens is 5. The van der Waals surface area contributed by atoms with Crippen LogP contribution >= 0.6 is 11.8 Å². The molecular formula is C23H28F2N6O4S. The number of hydrogen-bond acceptors (Lipinski definition) is 10. The average Bonchev–Trinajstić information content (AvgIpc) is 3.43. The third-order valence-electron chi connectivity index (χ3n) is 4.93. The van der Waals surface area contributed by atoms with Crippen molar-refractivity contribution in [2.45, 2.75) is 67.4 Å². The second-order valence-corrected chi connectivity index (χ2v) is 7.98. The Labute approximate surface area is 232 Å². The number of nitrogens with zero attached hydrogens (tertiary/aromatic N) is 5. The highest BCUT2D eigenvalue weighted by Gasteiger charge is 2.45. The third-order valence-corrected chi connectivity index (χ3v) is 5.60. The molecule has 6 atom stereocenters. The highest BCUT2D eigenvalue weighted by atomic mass is 32.2. The largest absolute Gasteiger partial charge is 0.394 e. The second-order valence-electron chi connectivity index (χ2n) is 7.21. The molecule has 2 aliphatic carbocycles. The molecule has 0 bridgehead atoms. The lowest BCUT2D eigenvalue weighted by atomic mass is 10.1. The molecule has 2 heterocycles. The number of ether oxygens (including phenoxy) is 1. The van der Waals surface area contributed by atoms with Crippen LogP contribution in [0.5, 0.6) is 0 Å². The zero-order chi connectivity index (χ0) is 39.8. The lowest BCUT2D eigenvalue weighted by molar-refractivity contribution is -0.0629. The zero-order valence-electron chi connectivity index (χ0n) is 34.1. The van der Waals surface area contributed by atoms with Crippen LogP contribution in [-0.2, 0) is 4.74 Å². The lowest BCUT2D eigenvalue weighted by Gasteiger charge is -2.17. The monoisotopic (exact) mass is 538 g/mol. The molecule has 2 aliphatic rings. The first kappa shape index (κ1) is 12.4. The van der Waals surface area contributed by atoms with Gasteiger partial charge in [0.25, 0.3) is 0 Å². The van der Waals surface area contributed by atoms with Gasteiger partial charge in [-0.05, 0) is 30.4 Å². The summed E-state index contributed by atoms with van der Waals surface area (Å²) in [5, 5.41) is 40.6. The Balaban J connectivity index is 1.73. The molecule has 0 aliphatic heterocycles. The van der Waals surface area contributed by atoms with Crippen molar-refractivity contribution in [3.63, 3.8) is 0 Å². The summed E-state index contributed by atoms with van der Waals surface area (Å²) in [7, 11) is 0. The first-order chi connectivity index (χ1) is 23.3. The van der Waals surface area contributed by atoms with Crippen LogP contribution in [0.2, 0.25) is 0 Å². The average molecular weight is 539 g/mol. The van der Waals surface area contributed by atoms with Crippen LogP contribution in [0.3, 0.4) is 0 Å². The van der Waals surface area contributed by atoms with Crippen molar-refractivity contribution in [1.82, 2.24) is 25.0 Å². The summed E-state index contributed by atoms with van der Waals surface area (Å²) >= 11 is -0.000310. The topological polar surface area (TPSA) is 138 Å². The van der Waals surface area contributed by atoms with Gasteiger partial charge in [-0.25, -0.2) is 23.4 Å². The molecule has 36 heavy (non-hydrogen) atoms. The van der Waals surface area contributed by atoms with E-state index in [0.717, 1.165) is 6.92 Å². The maximum absolute atomic E-state index is 14.4. The molecule has 0 amide bonds. The quantitative estimate of drug-likeness (QED) is 0.224. The number of benzene rings is 1. The molecule has 0 saturated heterocycles. The Kier molecular flexibility index (Phi) is 3.62. The van der Waals surface area contributed by atoms with E-state index in [-0.39, 0.29) is 22.9 Å². The molecule has 0 radical (unpaired) electrons. The zero-order valence-corrected chi connectivity index (χ0v) is 19.0. The second kappa shape index (κ2) is 10.5. The number of aliphatic hydroxyl groups excluding tert-OH is 1. The predicted octanol–water partition coefficient (Wildman–Crippen LogP) is 2.01. The van der Waals surface area contributed by atoms with E-state index in [1.165, 1.54) is 0 Å². The Hall–Kier alpha value is -2.45. The van der Waals surface area contributed by atoms with Crippen LogP contribution in [-0.4, -0.2) is 83.4 Å². The van der Waals surface area contributed by atoms with Crippen molar-refractivity contribution in [2.75, 3.05) is 24.2 Å². The third kappa shape index (κ3) is 4.90. The minimum atomic E-state index is -4.27. The molecule has 1 unspecified atom stereocenters. The van der Waals surface area contributed by atoms with Gasteiger partial charge in [-0.1, -0.05) is 29.9 Å². The summed E-state index contributed by atoms with van der Waals surface area (Å²) in [6.45, 7) is -4.13. The van der Waals surface area contributed by atoms with Gasteiger partial charge in [0.2, 0.25) is 0 Å². The summed E-state index contributed by atoms with van der Waals surface area (Å²) < 4.78 is 165. The molecule has 2 saturated carbocycles. The van der Waals surface area contributed by atoms with E-state index < -0.39 is 125 Å². The highest BCUT2D eigenvalue weighted by Crippen LogP contribution is 2.44. The van der Waals surface area contributed by atoms with Crippen LogP contribution in [0.4, 0.5) is 14.6 Å². The standard InChI is InChI=1S/C23H28F2N6O4S/c1-2-7-36-23-27-21(26-15-9-12(15)11-3-4-13(24)14(25)8-11)18-22(28-23)31(30-29-18)16-10-17(35-6-5-32)20(34)19(16)33/h3-4,8,12,15-17,19-20,32-34H,2,5-7,9-10H2,1H3,(H,26,27,28)/t12?,15-,16+,17-,19-,20+/m0/s1/i2D2,3D,4D,6D2,7D2,8D,10D2,15D,16D,17D,19D,20D. The van der Waals surface area contributed by atoms with Crippen molar-refractivity contribution in [3.8, 4) is 0 Å². The van der Waals surface area contributed by atoms with E-state index in [4.69, 9.17) is 21.9 Å². The molecule has 194 valence electrons. The summed E-state index contributed by atoms with van der Waals surface area (Å²) in [4.78, 5) is 8.00. The van der Waals surface area contributed by atoms with Crippen LogP contribution in [0.15, 0.2) is 23.3 Å². The molecule has 4 N–H and O–H groups in total. The predicted molar refractivity (Wildman–Crippen MR) is 128 cm³/mol. The summed E-state index contributed by atoms with van der Waals surface area (Å²) in [6.07, 6.45) is -19.7. The fraction of sp³-hybridized carbons (Fsp3) is 0.565. The fourth-order valence-corrected chi connectivity index (χ4v) is 3.70. The van der Waals surface area contributed by atoms with E-state index in [0.29, 0.717) is 0 Å². The van der Waals surface area contributed by atoms with Gasteiger partial charge >= 0.3 is 0 Å². The van der Waals surface area contributed by atoms with E-state index in [9.17, 15) is 24.1 Å². The van der Waals surface area contributed by atoms with Crippen molar-refractivity contribution >= 4 is 28.7 Å². The Bertz CT molecular complexity index is 1940. The summed E-state index contributed by atoms with van der Waals surface area (Å²) in [6, 6.07) is -9.25. The molecule has 10 nitrogen and oxygen atoms in total. The van der Waals surface area contributed by atoms with E-state index >= 15 is 0 Å². The number of halogens is 2.